The minimum Gasteiger partial charge on any atom is -0.383 e. The van der Waals surface area contributed by atoms with Gasteiger partial charge in [0, 0.05) is 51.2 Å². The van der Waals surface area contributed by atoms with Gasteiger partial charge >= 0.3 is 0 Å². The van der Waals surface area contributed by atoms with E-state index in [1.807, 2.05) is 18.9 Å². The number of nitrogens with zero attached hydrogens (tertiary/aromatic N) is 5. The standard InChI is InChI=1S/C21H31N5O2/c1-16-7-8-18(17(2)23-16)14-25-9-5-6-19(15-25)26-21(27)12-20(13-22-26)24(3)10-11-28-4/h7-8,12-13,19H,5-6,9-11,14-15H2,1-4H3/t19-/m0/s1. The summed E-state index contributed by atoms with van der Waals surface area (Å²) in [6, 6.07) is 6.01. The quantitative estimate of drug-likeness (QED) is 0.728. The Kier molecular flexibility index (Phi) is 6.80. The van der Waals surface area contributed by atoms with Gasteiger partial charge in [-0.05, 0) is 44.9 Å². The third-order valence-electron chi connectivity index (χ3n) is 5.44. The topological polar surface area (TPSA) is 63.5 Å². The second kappa shape index (κ2) is 9.30. The Morgan fingerprint density at radius 3 is 2.86 bits per heavy atom. The second-order valence-electron chi connectivity index (χ2n) is 7.64. The molecule has 0 aliphatic carbocycles. The van der Waals surface area contributed by atoms with Gasteiger partial charge in [0.05, 0.1) is 24.5 Å². The van der Waals surface area contributed by atoms with Crippen molar-refractivity contribution in [2.24, 2.45) is 0 Å². The normalized spacial score (nSPS) is 17.6. The smallest absolute Gasteiger partial charge is 0.269 e. The Hall–Kier alpha value is -2.25. The molecule has 1 aliphatic rings. The van der Waals surface area contributed by atoms with E-state index in [9.17, 15) is 4.79 Å². The molecule has 7 heteroatoms. The molecule has 1 atom stereocenters. The largest absolute Gasteiger partial charge is 0.383 e. The highest BCUT2D eigenvalue weighted by atomic mass is 16.5. The maximum absolute atomic E-state index is 12.7. The van der Waals surface area contributed by atoms with Gasteiger partial charge in [0.25, 0.3) is 5.56 Å². The van der Waals surface area contributed by atoms with Crippen molar-refractivity contribution in [3.05, 3.63) is 51.7 Å². The molecule has 0 aromatic carbocycles. The van der Waals surface area contributed by atoms with Crippen molar-refractivity contribution in [2.75, 3.05) is 45.3 Å². The summed E-state index contributed by atoms with van der Waals surface area (Å²) in [5.74, 6) is 0. The van der Waals surface area contributed by atoms with Gasteiger partial charge in [-0.25, -0.2) is 4.68 Å². The van der Waals surface area contributed by atoms with E-state index < -0.39 is 0 Å². The van der Waals surface area contributed by atoms with Crippen molar-refractivity contribution in [1.82, 2.24) is 19.7 Å². The predicted molar refractivity (Wildman–Crippen MR) is 111 cm³/mol. The van der Waals surface area contributed by atoms with E-state index in [2.05, 4.69) is 34.0 Å². The van der Waals surface area contributed by atoms with Crippen molar-refractivity contribution in [3.63, 3.8) is 0 Å². The van der Waals surface area contributed by atoms with Gasteiger partial charge in [-0.3, -0.25) is 14.7 Å². The number of piperidine rings is 1. The van der Waals surface area contributed by atoms with Crippen LogP contribution in [0.4, 0.5) is 5.69 Å². The molecule has 0 radical (unpaired) electrons. The van der Waals surface area contributed by atoms with E-state index in [0.717, 1.165) is 56.1 Å². The first-order chi connectivity index (χ1) is 13.5. The lowest BCUT2D eigenvalue weighted by Gasteiger charge is -2.33. The van der Waals surface area contributed by atoms with Crippen molar-refractivity contribution >= 4 is 5.69 Å². The zero-order chi connectivity index (χ0) is 20.1. The van der Waals surface area contributed by atoms with Crippen LogP contribution in [-0.4, -0.2) is 60.1 Å². The number of rotatable bonds is 7. The van der Waals surface area contributed by atoms with Gasteiger partial charge in [0.15, 0.2) is 0 Å². The molecule has 0 bridgehead atoms. The molecule has 0 amide bonds. The summed E-state index contributed by atoms with van der Waals surface area (Å²) in [5.41, 5.74) is 4.17. The van der Waals surface area contributed by atoms with Crippen LogP contribution in [0.5, 0.6) is 0 Å². The van der Waals surface area contributed by atoms with Crippen LogP contribution in [0.15, 0.2) is 29.2 Å². The number of ether oxygens (including phenoxy) is 1. The van der Waals surface area contributed by atoms with E-state index in [1.54, 1.807) is 24.1 Å². The maximum atomic E-state index is 12.7. The molecule has 3 heterocycles. The minimum atomic E-state index is -0.0400. The second-order valence-corrected chi connectivity index (χ2v) is 7.64. The van der Waals surface area contributed by atoms with Gasteiger partial charge in [0.2, 0.25) is 0 Å². The zero-order valence-corrected chi connectivity index (χ0v) is 17.4. The van der Waals surface area contributed by atoms with Crippen LogP contribution in [-0.2, 0) is 11.3 Å². The number of aryl methyl sites for hydroxylation is 2. The van der Waals surface area contributed by atoms with Crippen LogP contribution in [0, 0.1) is 13.8 Å². The molecule has 0 spiro atoms. The molecule has 0 unspecified atom stereocenters. The first-order valence-electron chi connectivity index (χ1n) is 9.92. The first kappa shape index (κ1) is 20.5. The number of aromatic nitrogens is 3. The lowest BCUT2D eigenvalue weighted by atomic mass is 10.0. The SMILES string of the molecule is COCCN(C)c1cnn([C@H]2CCCN(Cc3ccc(C)nc3C)C2)c(=O)c1. The number of likely N-dealkylation sites (N-methyl/N-ethyl adjacent to an activating group) is 1. The van der Waals surface area contributed by atoms with Crippen molar-refractivity contribution in [2.45, 2.75) is 39.3 Å². The van der Waals surface area contributed by atoms with Crippen LogP contribution in [0.1, 0.15) is 35.8 Å². The molecular formula is C21H31N5O2. The average Bonchev–Trinajstić information content (AvgIpc) is 2.68. The van der Waals surface area contributed by atoms with E-state index in [-0.39, 0.29) is 11.6 Å². The maximum Gasteiger partial charge on any atom is 0.269 e. The molecule has 2 aromatic heterocycles. The fraction of sp³-hybridized carbons (Fsp3) is 0.571. The molecule has 0 saturated carbocycles. The molecule has 3 rings (SSSR count). The van der Waals surface area contributed by atoms with Gasteiger partial charge in [-0.15, -0.1) is 0 Å². The van der Waals surface area contributed by atoms with E-state index in [0.29, 0.717) is 6.61 Å². The van der Waals surface area contributed by atoms with Gasteiger partial charge in [-0.2, -0.15) is 5.10 Å². The molecular weight excluding hydrogens is 354 g/mol. The van der Waals surface area contributed by atoms with Crippen molar-refractivity contribution < 1.29 is 4.74 Å². The molecule has 2 aromatic rings. The van der Waals surface area contributed by atoms with Crippen molar-refractivity contribution in [1.29, 1.82) is 0 Å². The Morgan fingerprint density at radius 2 is 2.14 bits per heavy atom. The fourth-order valence-corrected chi connectivity index (χ4v) is 3.75. The van der Waals surface area contributed by atoms with E-state index >= 15 is 0 Å². The number of pyridine rings is 1. The number of methoxy groups -OCH3 is 1. The number of hydrogen-bond acceptors (Lipinski definition) is 6. The summed E-state index contributed by atoms with van der Waals surface area (Å²) < 4.78 is 6.76. The Morgan fingerprint density at radius 1 is 1.32 bits per heavy atom. The van der Waals surface area contributed by atoms with Crippen molar-refractivity contribution in [3.8, 4) is 0 Å². The summed E-state index contributed by atoms with van der Waals surface area (Å²) in [7, 11) is 3.62. The summed E-state index contributed by atoms with van der Waals surface area (Å²) in [5, 5.41) is 4.48. The number of anilines is 1. The van der Waals surface area contributed by atoms with Crippen LogP contribution in [0.25, 0.3) is 0 Å². The third kappa shape index (κ3) is 4.97. The summed E-state index contributed by atoms with van der Waals surface area (Å²) in [4.78, 5) is 21.6. The van der Waals surface area contributed by atoms with Crippen LogP contribution in [0.2, 0.25) is 0 Å². The third-order valence-corrected chi connectivity index (χ3v) is 5.44. The van der Waals surface area contributed by atoms with Crippen LogP contribution >= 0.6 is 0 Å². The number of hydrogen-bond donors (Lipinski definition) is 0. The summed E-state index contributed by atoms with van der Waals surface area (Å²) >= 11 is 0. The van der Waals surface area contributed by atoms with Gasteiger partial charge < -0.3 is 9.64 Å². The highest BCUT2D eigenvalue weighted by Crippen LogP contribution is 2.22. The molecule has 28 heavy (non-hydrogen) atoms. The lowest BCUT2D eigenvalue weighted by Crippen LogP contribution is -2.40. The monoisotopic (exact) mass is 385 g/mol. The Balaban J connectivity index is 1.69. The molecule has 1 aliphatic heterocycles. The highest BCUT2D eigenvalue weighted by molar-refractivity contribution is 5.41. The zero-order valence-electron chi connectivity index (χ0n) is 17.4. The fourth-order valence-electron chi connectivity index (χ4n) is 3.75. The Labute approximate surface area is 166 Å². The molecule has 7 nitrogen and oxygen atoms in total. The first-order valence-corrected chi connectivity index (χ1v) is 9.92. The van der Waals surface area contributed by atoms with E-state index in [1.165, 1.54) is 5.56 Å². The Bertz CT molecular complexity index is 851. The van der Waals surface area contributed by atoms with Gasteiger partial charge in [0.1, 0.15) is 0 Å². The van der Waals surface area contributed by atoms with E-state index in [4.69, 9.17) is 4.74 Å². The summed E-state index contributed by atoms with van der Waals surface area (Å²) in [6.07, 6.45) is 3.82. The van der Waals surface area contributed by atoms with Crippen LogP contribution in [0.3, 0.4) is 0 Å². The minimum absolute atomic E-state index is 0.0400. The molecule has 152 valence electrons. The molecule has 1 fully saturated rings. The number of likely N-dealkylation sites (tertiary alicyclic amines) is 1. The van der Waals surface area contributed by atoms with Crippen LogP contribution < -0.4 is 10.5 Å². The summed E-state index contributed by atoms with van der Waals surface area (Å²) in [6.45, 7) is 8.15. The van der Waals surface area contributed by atoms with Gasteiger partial charge in [-0.1, -0.05) is 6.07 Å². The molecule has 0 N–H and O–H groups in total. The molecule has 1 saturated heterocycles. The average molecular weight is 386 g/mol. The lowest BCUT2D eigenvalue weighted by molar-refractivity contribution is 0.159. The highest BCUT2D eigenvalue weighted by Gasteiger charge is 2.23. The predicted octanol–water partition coefficient (Wildman–Crippen LogP) is 2.17.